The Hall–Kier alpha value is -0.790. The van der Waals surface area contributed by atoms with Gasteiger partial charge in [-0.3, -0.25) is 0 Å². The van der Waals surface area contributed by atoms with Crippen LogP contribution in [0.5, 0.6) is 0 Å². The van der Waals surface area contributed by atoms with Crippen molar-refractivity contribution in [1.82, 2.24) is 4.90 Å². The van der Waals surface area contributed by atoms with Crippen molar-refractivity contribution >= 4 is 18.1 Å². The first-order valence-electron chi connectivity index (χ1n) is 4.55. The molecule has 0 atom stereocenters. The molecule has 2 saturated heterocycles. The lowest BCUT2D eigenvalue weighted by Crippen LogP contribution is -2.29. The number of fused-ring (bicyclic) bond motifs is 2. The van der Waals surface area contributed by atoms with Crippen LogP contribution in [0.25, 0.3) is 0 Å². The lowest BCUT2D eigenvalue weighted by Gasteiger charge is -2.21. The second-order valence-corrected chi connectivity index (χ2v) is 3.79. The molecular formula is C9H14ClN3O. The first kappa shape index (κ1) is 11.3. The number of nitrogens with zero attached hydrogens (tertiary/aromatic N) is 3. The van der Waals surface area contributed by atoms with Crippen LogP contribution in [0, 0.1) is 16.7 Å². The predicted octanol–water partition coefficient (Wildman–Crippen LogP) is 1.03. The van der Waals surface area contributed by atoms with Crippen LogP contribution < -0.4 is 0 Å². The summed E-state index contributed by atoms with van der Waals surface area (Å²) in [5, 5.41) is 12.8. The van der Waals surface area contributed by atoms with Gasteiger partial charge in [0.05, 0.1) is 0 Å². The zero-order chi connectivity index (χ0) is 9.31. The van der Waals surface area contributed by atoms with Gasteiger partial charge in [-0.05, 0) is 25.9 Å². The van der Waals surface area contributed by atoms with E-state index in [4.69, 9.17) is 10.1 Å². The van der Waals surface area contributed by atoms with Crippen LogP contribution in [0.2, 0.25) is 0 Å². The first-order valence-corrected chi connectivity index (χ1v) is 4.55. The Labute approximate surface area is 89.9 Å². The van der Waals surface area contributed by atoms with Crippen molar-refractivity contribution in [2.24, 2.45) is 10.6 Å². The Morgan fingerprint density at radius 3 is 2.50 bits per heavy atom. The summed E-state index contributed by atoms with van der Waals surface area (Å²) in [4.78, 5) is 7.08. The van der Waals surface area contributed by atoms with Gasteiger partial charge < -0.3 is 9.74 Å². The van der Waals surface area contributed by atoms with Gasteiger partial charge in [0.2, 0.25) is 0 Å². The van der Waals surface area contributed by atoms with E-state index in [1.165, 1.54) is 7.11 Å². The number of nitriles is 1. The summed E-state index contributed by atoms with van der Waals surface area (Å²) in [5.74, 6) is 0. The summed E-state index contributed by atoms with van der Waals surface area (Å²) in [6, 6.07) is 2.16. The number of piperidine rings is 1. The first-order chi connectivity index (χ1) is 6.30. The molecule has 2 aliphatic rings. The molecule has 0 saturated carbocycles. The maximum absolute atomic E-state index is 8.95. The Balaban J connectivity index is 0.000000980. The minimum atomic E-state index is 0. The van der Waals surface area contributed by atoms with Gasteiger partial charge in [0.1, 0.15) is 13.2 Å². The highest BCUT2D eigenvalue weighted by Gasteiger charge is 2.48. The van der Waals surface area contributed by atoms with Crippen LogP contribution in [-0.2, 0) is 4.84 Å². The molecule has 2 rings (SSSR count). The third kappa shape index (κ3) is 1.58. The summed E-state index contributed by atoms with van der Waals surface area (Å²) in [6.45, 7) is 3.19. The van der Waals surface area contributed by atoms with Crippen LogP contribution in [0.3, 0.4) is 0 Å². The Morgan fingerprint density at radius 2 is 2.14 bits per heavy atom. The highest BCUT2D eigenvalue weighted by Crippen LogP contribution is 2.41. The van der Waals surface area contributed by atoms with Crippen molar-refractivity contribution in [2.45, 2.75) is 12.8 Å². The van der Waals surface area contributed by atoms with Crippen molar-refractivity contribution < 1.29 is 4.84 Å². The van der Waals surface area contributed by atoms with Gasteiger partial charge in [-0.2, -0.15) is 5.26 Å². The topological polar surface area (TPSA) is 48.6 Å². The third-order valence-corrected chi connectivity index (χ3v) is 3.13. The summed E-state index contributed by atoms with van der Waals surface area (Å²) >= 11 is 0. The quantitative estimate of drug-likeness (QED) is 0.511. The highest BCUT2D eigenvalue weighted by atomic mass is 35.5. The van der Waals surface area contributed by atoms with E-state index in [2.05, 4.69) is 16.1 Å². The number of halogens is 1. The van der Waals surface area contributed by atoms with E-state index in [-0.39, 0.29) is 17.8 Å². The number of hydrogen-bond donors (Lipinski definition) is 0. The molecule has 0 spiro atoms. The molecule has 2 fully saturated rings. The van der Waals surface area contributed by atoms with Crippen LogP contribution >= 0.6 is 12.4 Å². The fourth-order valence-corrected chi connectivity index (χ4v) is 2.36. The van der Waals surface area contributed by atoms with Crippen molar-refractivity contribution in [2.75, 3.05) is 26.7 Å². The minimum absolute atomic E-state index is 0. The Kier molecular flexibility index (Phi) is 3.35. The van der Waals surface area contributed by atoms with Crippen molar-refractivity contribution in [3.8, 4) is 6.07 Å². The van der Waals surface area contributed by atoms with E-state index in [1.807, 2.05) is 0 Å². The molecule has 0 amide bonds. The van der Waals surface area contributed by atoms with Crippen LogP contribution in [0.4, 0.5) is 0 Å². The van der Waals surface area contributed by atoms with E-state index >= 15 is 0 Å². The van der Waals surface area contributed by atoms with E-state index in [0.29, 0.717) is 5.71 Å². The monoisotopic (exact) mass is 215 g/mol. The molecule has 0 unspecified atom stereocenters. The zero-order valence-corrected chi connectivity index (χ0v) is 9.01. The summed E-state index contributed by atoms with van der Waals surface area (Å²) in [7, 11) is 1.50. The average Bonchev–Trinajstić information content (AvgIpc) is 2.74. The standard InChI is InChI=1S/C9H13N3O.ClH/c1-13-11-8(6-10)9-2-4-12(7-9)5-3-9;/h2-5,7H2,1H3;1H. The lowest BCUT2D eigenvalue weighted by atomic mass is 9.80. The SMILES string of the molecule is CON=C(C#N)C12CCN(CC1)C2.Cl. The van der Waals surface area contributed by atoms with E-state index in [0.717, 1.165) is 32.5 Å². The normalized spacial score (nSPS) is 34.9. The smallest absolute Gasteiger partial charge is 0.164 e. The van der Waals surface area contributed by atoms with Crippen molar-refractivity contribution in [3.05, 3.63) is 0 Å². The molecule has 0 radical (unpaired) electrons. The summed E-state index contributed by atoms with van der Waals surface area (Å²) in [5.41, 5.74) is 0.597. The third-order valence-electron chi connectivity index (χ3n) is 3.13. The molecule has 5 heteroatoms. The van der Waals surface area contributed by atoms with E-state index < -0.39 is 0 Å². The Bertz CT molecular complexity index is 276. The molecule has 0 N–H and O–H groups in total. The van der Waals surface area contributed by atoms with Crippen LogP contribution in [0.1, 0.15) is 12.8 Å². The number of rotatable bonds is 2. The van der Waals surface area contributed by atoms with Crippen molar-refractivity contribution in [1.29, 1.82) is 5.26 Å². The molecule has 4 nitrogen and oxygen atoms in total. The van der Waals surface area contributed by atoms with Gasteiger partial charge in [0.15, 0.2) is 5.71 Å². The van der Waals surface area contributed by atoms with Crippen molar-refractivity contribution in [3.63, 3.8) is 0 Å². The fraction of sp³-hybridized carbons (Fsp3) is 0.778. The van der Waals surface area contributed by atoms with E-state index in [1.54, 1.807) is 0 Å². The van der Waals surface area contributed by atoms with E-state index in [9.17, 15) is 0 Å². The largest absolute Gasteiger partial charge is 0.398 e. The van der Waals surface area contributed by atoms with Gasteiger partial charge in [-0.25, -0.2) is 0 Å². The molecule has 2 bridgehead atoms. The maximum atomic E-state index is 8.95. The zero-order valence-electron chi connectivity index (χ0n) is 8.19. The Morgan fingerprint density at radius 1 is 1.50 bits per heavy atom. The lowest BCUT2D eigenvalue weighted by molar-refractivity contribution is 0.208. The maximum Gasteiger partial charge on any atom is 0.164 e. The molecule has 0 aromatic rings. The summed E-state index contributed by atoms with van der Waals surface area (Å²) in [6.07, 6.45) is 2.12. The van der Waals surface area contributed by atoms with Gasteiger partial charge in [-0.15, -0.1) is 12.4 Å². The molecule has 0 aliphatic carbocycles. The van der Waals surface area contributed by atoms with Gasteiger partial charge in [0, 0.05) is 12.0 Å². The van der Waals surface area contributed by atoms with Gasteiger partial charge in [-0.1, -0.05) is 5.16 Å². The van der Waals surface area contributed by atoms with Gasteiger partial charge >= 0.3 is 0 Å². The molecule has 0 aromatic carbocycles. The second-order valence-electron chi connectivity index (χ2n) is 3.79. The summed E-state index contributed by atoms with van der Waals surface area (Å²) < 4.78 is 0. The number of oxime groups is 1. The highest BCUT2D eigenvalue weighted by molar-refractivity contribution is 6.03. The molecule has 14 heavy (non-hydrogen) atoms. The number of hydrogen-bond acceptors (Lipinski definition) is 4. The molecule has 2 aliphatic heterocycles. The molecule has 2 heterocycles. The molecular weight excluding hydrogens is 202 g/mol. The van der Waals surface area contributed by atoms with Gasteiger partial charge in [0.25, 0.3) is 0 Å². The molecule has 0 aromatic heterocycles. The minimum Gasteiger partial charge on any atom is -0.398 e. The average molecular weight is 216 g/mol. The van der Waals surface area contributed by atoms with Crippen LogP contribution in [0.15, 0.2) is 5.16 Å². The fourth-order valence-electron chi connectivity index (χ4n) is 2.36. The second kappa shape index (κ2) is 4.16. The van der Waals surface area contributed by atoms with Crippen LogP contribution in [-0.4, -0.2) is 37.4 Å². The molecule has 78 valence electrons. The predicted molar refractivity (Wildman–Crippen MR) is 55.4 cm³/mol.